The average molecular weight is 198 g/mol. The summed E-state index contributed by atoms with van der Waals surface area (Å²) in [6.07, 6.45) is 3.40. The van der Waals surface area contributed by atoms with Crippen molar-refractivity contribution in [3.63, 3.8) is 0 Å². The Morgan fingerprint density at radius 2 is 2.21 bits per heavy atom. The molecule has 0 amide bonds. The maximum Gasteiger partial charge on any atom is 0.0670 e. The van der Waals surface area contributed by atoms with Gasteiger partial charge in [0.25, 0.3) is 0 Å². The minimum atomic E-state index is 0.0876. The van der Waals surface area contributed by atoms with Gasteiger partial charge in [0.1, 0.15) is 0 Å². The molecule has 1 spiro atoms. The summed E-state index contributed by atoms with van der Waals surface area (Å²) in [4.78, 5) is 0. The van der Waals surface area contributed by atoms with E-state index in [2.05, 4.69) is 24.5 Å². The highest BCUT2D eigenvalue weighted by Crippen LogP contribution is 2.34. The van der Waals surface area contributed by atoms with Gasteiger partial charge in [-0.15, -0.1) is 0 Å². The fourth-order valence-corrected chi connectivity index (χ4v) is 2.68. The zero-order valence-electron chi connectivity index (χ0n) is 9.36. The summed E-state index contributed by atoms with van der Waals surface area (Å²) >= 11 is 0. The van der Waals surface area contributed by atoms with Crippen LogP contribution in [0.4, 0.5) is 0 Å². The molecule has 0 unspecified atom stereocenters. The molecule has 2 N–H and O–H groups in total. The summed E-state index contributed by atoms with van der Waals surface area (Å²) in [6, 6.07) is 0. The van der Waals surface area contributed by atoms with Crippen molar-refractivity contribution in [3.05, 3.63) is 0 Å². The van der Waals surface area contributed by atoms with Crippen LogP contribution in [0.25, 0.3) is 0 Å². The summed E-state index contributed by atoms with van der Waals surface area (Å²) < 4.78 is 5.87. The Bertz CT molecular complexity index is 196. The van der Waals surface area contributed by atoms with E-state index in [9.17, 15) is 0 Å². The van der Waals surface area contributed by atoms with E-state index < -0.39 is 0 Å². The maximum atomic E-state index is 5.87. The first kappa shape index (κ1) is 10.4. The number of nitrogens with one attached hydrogen (secondary N) is 2. The largest absolute Gasteiger partial charge is 0.375 e. The molecule has 14 heavy (non-hydrogen) atoms. The lowest BCUT2D eigenvalue weighted by molar-refractivity contribution is -0.103. The van der Waals surface area contributed by atoms with Gasteiger partial charge in [0.15, 0.2) is 0 Å². The molecule has 82 valence electrons. The summed E-state index contributed by atoms with van der Waals surface area (Å²) in [6.45, 7) is 8.66. The fraction of sp³-hybridized carbons (Fsp3) is 1.00. The number of piperazine rings is 1. The van der Waals surface area contributed by atoms with Crippen LogP contribution in [0.5, 0.6) is 0 Å². The Labute approximate surface area is 86.6 Å². The van der Waals surface area contributed by atoms with Gasteiger partial charge in [-0.1, -0.05) is 6.92 Å². The molecule has 0 radical (unpaired) electrons. The van der Waals surface area contributed by atoms with Gasteiger partial charge in [-0.2, -0.15) is 0 Å². The molecule has 0 aromatic heterocycles. The van der Waals surface area contributed by atoms with E-state index in [0.29, 0.717) is 5.54 Å². The van der Waals surface area contributed by atoms with Gasteiger partial charge in [-0.05, 0) is 26.2 Å². The number of hydrogen-bond acceptors (Lipinski definition) is 3. The van der Waals surface area contributed by atoms with Crippen molar-refractivity contribution >= 4 is 0 Å². The van der Waals surface area contributed by atoms with Crippen LogP contribution in [0.1, 0.15) is 33.1 Å². The number of hydrogen-bond donors (Lipinski definition) is 2. The molecular weight excluding hydrogens is 176 g/mol. The second-order valence-electron chi connectivity index (χ2n) is 4.96. The van der Waals surface area contributed by atoms with E-state index >= 15 is 0 Å². The smallest absolute Gasteiger partial charge is 0.0670 e. The Balaban J connectivity index is 2.04. The summed E-state index contributed by atoms with van der Waals surface area (Å²) in [7, 11) is 0. The van der Waals surface area contributed by atoms with Crippen LogP contribution >= 0.6 is 0 Å². The molecular formula is C11H22N2O. The normalized spacial score (nSPS) is 44.1. The molecule has 2 saturated heterocycles. The Morgan fingerprint density at radius 1 is 1.36 bits per heavy atom. The van der Waals surface area contributed by atoms with Gasteiger partial charge in [0, 0.05) is 31.8 Å². The number of rotatable bonds is 1. The minimum Gasteiger partial charge on any atom is -0.375 e. The van der Waals surface area contributed by atoms with E-state index in [4.69, 9.17) is 4.74 Å². The van der Waals surface area contributed by atoms with Crippen molar-refractivity contribution in [1.29, 1.82) is 0 Å². The predicted molar refractivity (Wildman–Crippen MR) is 57.5 cm³/mol. The van der Waals surface area contributed by atoms with Crippen LogP contribution in [0.2, 0.25) is 0 Å². The quantitative estimate of drug-likeness (QED) is 0.657. The first-order valence-electron chi connectivity index (χ1n) is 5.78. The third-order valence-corrected chi connectivity index (χ3v) is 3.76. The molecule has 0 bridgehead atoms. The lowest BCUT2D eigenvalue weighted by Crippen LogP contribution is -2.64. The zero-order valence-corrected chi connectivity index (χ0v) is 9.36. The van der Waals surface area contributed by atoms with Gasteiger partial charge in [0.05, 0.1) is 5.60 Å². The van der Waals surface area contributed by atoms with Crippen LogP contribution in [-0.4, -0.2) is 37.4 Å². The van der Waals surface area contributed by atoms with Crippen LogP contribution in [0.15, 0.2) is 0 Å². The summed E-state index contributed by atoms with van der Waals surface area (Å²) in [5.74, 6) is 0. The Hall–Kier alpha value is -0.120. The molecule has 2 atom stereocenters. The van der Waals surface area contributed by atoms with E-state index in [1.54, 1.807) is 0 Å². The summed E-state index contributed by atoms with van der Waals surface area (Å²) in [5.41, 5.74) is 0.394. The molecule has 2 rings (SSSR count). The minimum absolute atomic E-state index is 0.0876. The van der Waals surface area contributed by atoms with Gasteiger partial charge >= 0.3 is 0 Å². The Kier molecular flexibility index (Phi) is 2.82. The second-order valence-corrected chi connectivity index (χ2v) is 4.96. The highest BCUT2D eigenvalue weighted by molar-refractivity contribution is 5.01. The van der Waals surface area contributed by atoms with Crippen LogP contribution < -0.4 is 10.6 Å². The van der Waals surface area contributed by atoms with Crippen molar-refractivity contribution in [1.82, 2.24) is 10.6 Å². The highest BCUT2D eigenvalue weighted by atomic mass is 16.5. The van der Waals surface area contributed by atoms with Crippen molar-refractivity contribution in [2.75, 3.05) is 26.2 Å². The molecule has 0 aromatic rings. The monoisotopic (exact) mass is 198 g/mol. The lowest BCUT2D eigenvalue weighted by Gasteiger charge is -2.48. The zero-order chi connectivity index (χ0) is 10.1. The molecule has 2 fully saturated rings. The van der Waals surface area contributed by atoms with E-state index in [1.807, 2.05) is 0 Å². The molecule has 2 heterocycles. The Morgan fingerprint density at radius 3 is 2.86 bits per heavy atom. The fourth-order valence-electron chi connectivity index (χ4n) is 2.68. The van der Waals surface area contributed by atoms with Gasteiger partial charge in [-0.25, -0.2) is 0 Å². The molecule has 2 aliphatic rings. The third-order valence-electron chi connectivity index (χ3n) is 3.76. The summed E-state index contributed by atoms with van der Waals surface area (Å²) in [5, 5.41) is 7.17. The molecule has 3 heteroatoms. The van der Waals surface area contributed by atoms with E-state index in [-0.39, 0.29) is 5.60 Å². The third kappa shape index (κ3) is 1.95. The van der Waals surface area contributed by atoms with Crippen molar-refractivity contribution in [3.8, 4) is 0 Å². The highest BCUT2D eigenvalue weighted by Gasteiger charge is 2.42. The molecule has 0 aromatic carbocycles. The van der Waals surface area contributed by atoms with Crippen LogP contribution in [0, 0.1) is 0 Å². The molecule has 0 aliphatic carbocycles. The van der Waals surface area contributed by atoms with Gasteiger partial charge in [0.2, 0.25) is 0 Å². The predicted octanol–water partition coefficient (Wildman–Crippen LogP) is 0.897. The van der Waals surface area contributed by atoms with Crippen molar-refractivity contribution < 1.29 is 4.74 Å². The van der Waals surface area contributed by atoms with Crippen LogP contribution in [0.3, 0.4) is 0 Å². The van der Waals surface area contributed by atoms with Crippen LogP contribution in [-0.2, 0) is 4.74 Å². The van der Waals surface area contributed by atoms with Gasteiger partial charge < -0.3 is 15.4 Å². The molecule has 0 saturated carbocycles. The van der Waals surface area contributed by atoms with Crippen molar-refractivity contribution in [2.24, 2.45) is 0 Å². The van der Waals surface area contributed by atoms with E-state index in [0.717, 1.165) is 45.5 Å². The first-order valence-corrected chi connectivity index (χ1v) is 5.78. The molecule has 2 aliphatic heterocycles. The maximum absolute atomic E-state index is 5.87. The molecule has 3 nitrogen and oxygen atoms in total. The first-order chi connectivity index (χ1) is 6.68. The standard InChI is InChI=1S/C11H22N2O/c1-3-10(2)8-11(4-7-14-10)9-12-5-6-13-11/h12-13H,3-9H2,1-2H3/t10-,11+/m0/s1. The van der Waals surface area contributed by atoms with E-state index in [1.165, 1.54) is 0 Å². The second kappa shape index (κ2) is 3.80. The van der Waals surface area contributed by atoms with Crippen molar-refractivity contribution in [2.45, 2.75) is 44.2 Å². The number of ether oxygens (including phenoxy) is 1. The topological polar surface area (TPSA) is 33.3 Å². The average Bonchev–Trinajstić information content (AvgIpc) is 2.19. The SMILES string of the molecule is CC[C@@]1(C)C[C@]2(CCO1)CNCCN2. The lowest BCUT2D eigenvalue weighted by atomic mass is 9.78. The van der Waals surface area contributed by atoms with Gasteiger partial charge in [-0.3, -0.25) is 0 Å².